The number of aromatic amines is 2. The number of hydrogen-bond acceptors (Lipinski definition) is 4. The van der Waals surface area contributed by atoms with Crippen LogP contribution in [0.25, 0.3) is 96.5 Å². The van der Waals surface area contributed by atoms with Crippen LogP contribution < -0.4 is 0 Å². The molecule has 264 valence electrons. The first-order valence-electron chi connectivity index (χ1n) is 18.5. The standard InChI is InChI=1S/C50H32N4O2/c55-45-23-26-49(56)46(30-45)37-13-9-35(10-14-37)33-5-1-31(2-6-33)32-3-7-34(8-4-32)36-11-15-38(16-12-36)50-47-24-21-43(53-47)28-41-19-17-39(51-41)27-40-18-20-42(52-40)29-44-22-25-48(50)54-44/h1-30,51,54H. The third-order valence-corrected chi connectivity index (χ3v) is 10.3. The molecule has 56 heavy (non-hydrogen) atoms. The highest BCUT2D eigenvalue weighted by atomic mass is 16.1. The van der Waals surface area contributed by atoms with Gasteiger partial charge in [-0.05, 0) is 130 Å². The van der Waals surface area contributed by atoms with Gasteiger partial charge >= 0.3 is 0 Å². The molecule has 0 saturated heterocycles. The smallest absolute Gasteiger partial charge is 0.186 e. The van der Waals surface area contributed by atoms with Crippen LogP contribution in [0, 0.1) is 0 Å². The molecule has 0 amide bonds. The molecule has 2 aliphatic heterocycles. The van der Waals surface area contributed by atoms with Gasteiger partial charge in [-0.25, -0.2) is 9.97 Å². The normalized spacial score (nSPS) is 13.3. The molecule has 0 atom stereocenters. The number of fused-ring (bicyclic) bond motifs is 8. The second kappa shape index (κ2) is 13.6. The summed E-state index contributed by atoms with van der Waals surface area (Å²) in [6, 6.07) is 48.0. The van der Waals surface area contributed by atoms with Crippen molar-refractivity contribution in [3.8, 4) is 44.5 Å². The number of ketones is 2. The summed E-state index contributed by atoms with van der Waals surface area (Å²) in [4.78, 5) is 41.0. The van der Waals surface area contributed by atoms with Crippen molar-refractivity contribution in [1.29, 1.82) is 0 Å². The number of hydrogen-bond donors (Lipinski definition) is 2. The maximum absolute atomic E-state index is 12.3. The number of rotatable bonds is 5. The van der Waals surface area contributed by atoms with E-state index in [4.69, 9.17) is 9.97 Å². The molecule has 7 aromatic rings. The minimum atomic E-state index is -0.169. The van der Waals surface area contributed by atoms with Crippen molar-refractivity contribution in [2.45, 2.75) is 0 Å². The summed E-state index contributed by atoms with van der Waals surface area (Å²) >= 11 is 0. The average Bonchev–Trinajstić information content (AvgIpc) is 4.07. The molecule has 0 radical (unpaired) electrons. The number of benzene rings is 4. The Kier molecular flexibility index (Phi) is 8.00. The van der Waals surface area contributed by atoms with Crippen molar-refractivity contribution >= 4 is 63.5 Å². The maximum atomic E-state index is 12.3. The highest BCUT2D eigenvalue weighted by molar-refractivity contribution is 6.33. The van der Waals surface area contributed by atoms with Crippen LogP contribution in [0.1, 0.15) is 28.3 Å². The Bertz CT molecular complexity index is 3010. The van der Waals surface area contributed by atoms with Crippen LogP contribution in [-0.4, -0.2) is 31.5 Å². The van der Waals surface area contributed by atoms with Gasteiger partial charge in [-0.2, -0.15) is 0 Å². The summed E-state index contributed by atoms with van der Waals surface area (Å²) in [6.07, 6.45) is 12.2. The molecule has 0 saturated carbocycles. The summed E-state index contributed by atoms with van der Waals surface area (Å²) in [5, 5.41) is 0. The first kappa shape index (κ1) is 32.9. The molecular formula is C50H32N4O2. The van der Waals surface area contributed by atoms with Crippen molar-refractivity contribution in [2.24, 2.45) is 0 Å². The lowest BCUT2D eigenvalue weighted by Crippen LogP contribution is -2.06. The molecular weight excluding hydrogens is 689 g/mol. The van der Waals surface area contributed by atoms with Gasteiger partial charge in [0.15, 0.2) is 11.6 Å². The zero-order valence-corrected chi connectivity index (χ0v) is 30.0. The van der Waals surface area contributed by atoms with Gasteiger partial charge < -0.3 is 9.97 Å². The van der Waals surface area contributed by atoms with Crippen molar-refractivity contribution in [2.75, 3.05) is 0 Å². The summed E-state index contributed by atoms with van der Waals surface area (Å²) < 4.78 is 0. The van der Waals surface area contributed by atoms with Gasteiger partial charge in [-0.3, -0.25) is 9.59 Å². The maximum Gasteiger partial charge on any atom is 0.186 e. The molecule has 3 aliphatic rings. The predicted molar refractivity (Wildman–Crippen MR) is 228 cm³/mol. The van der Waals surface area contributed by atoms with E-state index in [0.29, 0.717) is 5.57 Å². The fourth-order valence-corrected chi connectivity index (χ4v) is 7.43. The molecule has 6 heteroatoms. The molecule has 6 nitrogen and oxygen atoms in total. The van der Waals surface area contributed by atoms with Gasteiger partial charge in [0.05, 0.1) is 22.8 Å². The zero-order valence-electron chi connectivity index (χ0n) is 30.0. The van der Waals surface area contributed by atoms with E-state index >= 15 is 0 Å². The van der Waals surface area contributed by atoms with E-state index in [1.165, 1.54) is 18.2 Å². The number of H-pyrrole nitrogens is 2. The highest BCUT2D eigenvalue weighted by Crippen LogP contribution is 2.33. The number of nitrogens with zero attached hydrogens (tertiary/aromatic N) is 2. The average molecular weight is 721 g/mol. The Morgan fingerprint density at radius 1 is 0.375 bits per heavy atom. The summed E-state index contributed by atoms with van der Waals surface area (Å²) in [5.74, 6) is -0.322. The van der Waals surface area contributed by atoms with E-state index in [1.54, 1.807) is 0 Å². The summed E-state index contributed by atoms with van der Waals surface area (Å²) in [7, 11) is 0. The van der Waals surface area contributed by atoms with Crippen molar-refractivity contribution in [3.63, 3.8) is 0 Å². The molecule has 2 N–H and O–H groups in total. The van der Waals surface area contributed by atoms with Gasteiger partial charge in [-0.1, -0.05) is 97.1 Å². The molecule has 4 aromatic carbocycles. The van der Waals surface area contributed by atoms with E-state index in [0.717, 1.165) is 94.9 Å². The van der Waals surface area contributed by atoms with Gasteiger partial charge in [-0.15, -0.1) is 0 Å². The lowest BCUT2D eigenvalue weighted by atomic mass is 9.94. The molecule has 0 spiro atoms. The fraction of sp³-hybridized carbons (Fsp3) is 0. The van der Waals surface area contributed by atoms with Gasteiger partial charge in [0.25, 0.3) is 0 Å². The van der Waals surface area contributed by atoms with Crippen LogP contribution in [0.4, 0.5) is 0 Å². The van der Waals surface area contributed by atoms with Crippen molar-refractivity contribution in [3.05, 3.63) is 186 Å². The first-order chi connectivity index (χ1) is 27.5. The van der Waals surface area contributed by atoms with Crippen LogP contribution in [0.15, 0.2) is 158 Å². The molecule has 8 bridgehead atoms. The fourth-order valence-electron chi connectivity index (χ4n) is 7.43. The number of allylic oxidation sites excluding steroid dienone is 4. The number of carbonyl (C=O) groups is 2. The lowest BCUT2D eigenvalue weighted by molar-refractivity contribution is -0.113. The van der Waals surface area contributed by atoms with Crippen LogP contribution >= 0.6 is 0 Å². The zero-order chi connectivity index (χ0) is 37.6. The third-order valence-electron chi connectivity index (χ3n) is 10.3. The van der Waals surface area contributed by atoms with Crippen LogP contribution in [0.5, 0.6) is 0 Å². The largest absolute Gasteiger partial charge is 0.355 e. The summed E-state index contributed by atoms with van der Waals surface area (Å²) in [5.41, 5.74) is 17.4. The number of nitrogens with one attached hydrogen (secondary N) is 2. The van der Waals surface area contributed by atoms with Gasteiger partial charge in [0.1, 0.15) is 0 Å². The van der Waals surface area contributed by atoms with Gasteiger partial charge in [0, 0.05) is 33.2 Å². The SMILES string of the molecule is O=C1C=CC(=O)C(c2ccc(-c3ccc(-c4ccc(-c5ccc(-c6c7nc(cc8ccc(cc9nc(cc%10ccc6[nH]%10)C=C9)[nH]8)C=C7)cc5)cc4)cc3)cc2)=C1. The van der Waals surface area contributed by atoms with E-state index < -0.39 is 0 Å². The minimum Gasteiger partial charge on any atom is -0.355 e. The quantitative estimate of drug-likeness (QED) is 0.173. The Labute approximate surface area is 322 Å². The Hall–Kier alpha value is -7.70. The first-order valence-corrected chi connectivity index (χ1v) is 18.5. The molecule has 10 rings (SSSR count). The van der Waals surface area contributed by atoms with Crippen LogP contribution in [-0.2, 0) is 9.59 Å². The van der Waals surface area contributed by atoms with Crippen LogP contribution in [0.2, 0.25) is 0 Å². The lowest BCUT2D eigenvalue weighted by Gasteiger charge is -2.10. The third kappa shape index (κ3) is 6.46. The van der Waals surface area contributed by atoms with E-state index in [2.05, 4.69) is 131 Å². The van der Waals surface area contributed by atoms with Crippen molar-refractivity contribution in [1.82, 2.24) is 19.9 Å². The molecule has 0 unspecified atom stereocenters. The topological polar surface area (TPSA) is 91.5 Å². The number of aromatic nitrogens is 4. The van der Waals surface area contributed by atoms with Crippen molar-refractivity contribution < 1.29 is 9.59 Å². The Balaban J connectivity index is 0.922. The molecule has 0 fully saturated rings. The molecule has 5 heterocycles. The van der Waals surface area contributed by atoms with E-state index in [-0.39, 0.29) is 11.6 Å². The second-order valence-electron chi connectivity index (χ2n) is 14.0. The predicted octanol–water partition coefficient (Wildman–Crippen LogP) is 11.4. The minimum absolute atomic E-state index is 0.153. The molecule has 1 aliphatic carbocycles. The Morgan fingerprint density at radius 2 is 0.804 bits per heavy atom. The monoisotopic (exact) mass is 720 g/mol. The van der Waals surface area contributed by atoms with E-state index in [1.807, 2.05) is 42.5 Å². The highest BCUT2D eigenvalue weighted by Gasteiger charge is 2.16. The molecule has 3 aromatic heterocycles. The van der Waals surface area contributed by atoms with Crippen LogP contribution in [0.3, 0.4) is 0 Å². The Morgan fingerprint density at radius 3 is 1.34 bits per heavy atom. The van der Waals surface area contributed by atoms with E-state index in [9.17, 15) is 9.59 Å². The second-order valence-corrected chi connectivity index (χ2v) is 14.0. The van der Waals surface area contributed by atoms with Gasteiger partial charge in [0.2, 0.25) is 0 Å². The summed E-state index contributed by atoms with van der Waals surface area (Å²) in [6.45, 7) is 0. The number of carbonyl (C=O) groups excluding carboxylic acids is 2.